The molecule has 4 N–H and O–H groups in total. The Kier molecular flexibility index (Phi) is 5.66. The summed E-state index contributed by atoms with van der Waals surface area (Å²) in [5.74, 6) is -1.54. The maximum atomic E-state index is 12.0. The van der Waals surface area contributed by atoms with Gasteiger partial charge in [-0.25, -0.2) is 4.79 Å². The molecule has 0 saturated carbocycles. The van der Waals surface area contributed by atoms with Gasteiger partial charge in [-0.1, -0.05) is 25.1 Å². The van der Waals surface area contributed by atoms with Crippen molar-refractivity contribution in [3.8, 4) is 0 Å². The van der Waals surface area contributed by atoms with Gasteiger partial charge in [0.05, 0.1) is 30.7 Å². The van der Waals surface area contributed by atoms with Crippen molar-refractivity contribution in [2.45, 2.75) is 25.3 Å². The van der Waals surface area contributed by atoms with E-state index in [1.807, 2.05) is 0 Å². The quantitative estimate of drug-likeness (QED) is 0.570. The first kappa shape index (κ1) is 16.1. The third-order valence-electron chi connectivity index (χ3n) is 3.29. The Hall–Kier alpha value is -1.92. The average molecular weight is 281 g/mol. The van der Waals surface area contributed by atoms with E-state index in [0.717, 1.165) is 0 Å². The summed E-state index contributed by atoms with van der Waals surface area (Å²) in [5.41, 5.74) is -0.619. The van der Waals surface area contributed by atoms with E-state index in [4.69, 9.17) is 5.11 Å². The predicted octanol–water partition coefficient (Wildman–Crippen LogP) is 0.177. The summed E-state index contributed by atoms with van der Waals surface area (Å²) in [6.45, 7) is 0.969. The topological polar surface area (TPSA) is 107 Å². The van der Waals surface area contributed by atoms with Crippen molar-refractivity contribution in [1.82, 2.24) is 5.32 Å². The minimum Gasteiger partial charge on any atom is -0.478 e. The molecule has 0 bridgehead atoms. The summed E-state index contributed by atoms with van der Waals surface area (Å²) < 4.78 is 0. The fraction of sp³-hybridized carbons (Fsp3) is 0.429. The van der Waals surface area contributed by atoms with Crippen LogP contribution in [0.2, 0.25) is 0 Å². The molecule has 6 nitrogen and oxygen atoms in total. The number of carbonyl (C=O) groups excluding carboxylic acids is 1. The van der Waals surface area contributed by atoms with Crippen molar-refractivity contribution in [2.75, 3.05) is 13.2 Å². The van der Waals surface area contributed by atoms with E-state index >= 15 is 0 Å². The number of aliphatic hydroxyl groups is 2. The summed E-state index contributed by atoms with van der Waals surface area (Å²) in [6.07, 6.45) is 0.247. The largest absolute Gasteiger partial charge is 0.478 e. The Balaban J connectivity index is 2.84. The van der Waals surface area contributed by atoms with Gasteiger partial charge in [0.1, 0.15) is 0 Å². The zero-order valence-corrected chi connectivity index (χ0v) is 11.3. The first-order chi connectivity index (χ1) is 9.48. The molecule has 0 aliphatic carbocycles. The first-order valence-electron chi connectivity index (χ1n) is 6.32. The molecule has 0 atom stereocenters. The Labute approximate surface area is 117 Å². The van der Waals surface area contributed by atoms with Crippen LogP contribution in [0.4, 0.5) is 0 Å². The molecule has 0 fully saturated rings. The maximum Gasteiger partial charge on any atom is 0.335 e. The lowest BCUT2D eigenvalue weighted by Crippen LogP contribution is -2.54. The van der Waals surface area contributed by atoms with Crippen LogP contribution < -0.4 is 5.32 Å². The standard InChI is InChI=1S/C14H19NO5/c1-2-14(8-16,9-17)15-12(18)7-10-5-3-4-6-11(10)13(19)20/h3-6,16-17H,2,7-9H2,1H3,(H,15,18)(H,19,20). The van der Waals surface area contributed by atoms with E-state index < -0.39 is 17.4 Å². The highest BCUT2D eigenvalue weighted by molar-refractivity contribution is 5.91. The van der Waals surface area contributed by atoms with Crippen LogP contribution in [0, 0.1) is 0 Å². The normalized spacial score (nSPS) is 11.2. The van der Waals surface area contributed by atoms with E-state index in [0.29, 0.717) is 12.0 Å². The zero-order chi connectivity index (χ0) is 15.2. The molecule has 1 rings (SSSR count). The summed E-state index contributed by atoms with van der Waals surface area (Å²) >= 11 is 0. The number of aliphatic hydroxyl groups excluding tert-OH is 2. The smallest absolute Gasteiger partial charge is 0.335 e. The number of rotatable bonds is 7. The van der Waals surface area contributed by atoms with Crippen molar-refractivity contribution in [1.29, 1.82) is 0 Å². The minimum atomic E-state index is -1.10. The number of hydrogen-bond acceptors (Lipinski definition) is 4. The number of benzene rings is 1. The van der Waals surface area contributed by atoms with Crippen molar-refractivity contribution < 1.29 is 24.9 Å². The second-order valence-corrected chi connectivity index (χ2v) is 4.64. The Bertz CT molecular complexity index is 474. The molecule has 110 valence electrons. The molecule has 0 unspecified atom stereocenters. The zero-order valence-electron chi connectivity index (χ0n) is 11.3. The van der Waals surface area contributed by atoms with Crippen molar-refractivity contribution >= 4 is 11.9 Å². The molecule has 1 aromatic carbocycles. The molecule has 0 aliphatic heterocycles. The van der Waals surface area contributed by atoms with E-state index in [1.54, 1.807) is 25.1 Å². The minimum absolute atomic E-state index is 0.0674. The molecule has 1 aromatic rings. The second kappa shape index (κ2) is 7.02. The molecule has 0 aromatic heterocycles. The molecule has 6 heteroatoms. The van der Waals surface area contributed by atoms with Crippen LogP contribution in [-0.2, 0) is 11.2 Å². The number of aromatic carboxylic acids is 1. The fourth-order valence-corrected chi connectivity index (χ4v) is 1.84. The van der Waals surface area contributed by atoms with Crippen LogP contribution in [0.25, 0.3) is 0 Å². The van der Waals surface area contributed by atoms with E-state index in [9.17, 15) is 19.8 Å². The van der Waals surface area contributed by atoms with E-state index in [-0.39, 0.29) is 25.2 Å². The molecular weight excluding hydrogens is 262 g/mol. The average Bonchev–Trinajstić information content (AvgIpc) is 2.45. The van der Waals surface area contributed by atoms with Gasteiger partial charge >= 0.3 is 5.97 Å². The lowest BCUT2D eigenvalue weighted by Gasteiger charge is -2.29. The van der Waals surface area contributed by atoms with Crippen molar-refractivity contribution in [2.24, 2.45) is 0 Å². The highest BCUT2D eigenvalue weighted by Crippen LogP contribution is 2.12. The number of carboxylic acid groups (broad SMARTS) is 1. The molecule has 0 saturated heterocycles. The summed E-state index contributed by atoms with van der Waals surface area (Å²) in [6, 6.07) is 6.23. The Morgan fingerprint density at radius 3 is 2.30 bits per heavy atom. The van der Waals surface area contributed by atoms with E-state index in [2.05, 4.69) is 5.32 Å². The van der Waals surface area contributed by atoms with Gasteiger partial charge in [0, 0.05) is 0 Å². The molecular formula is C14H19NO5. The van der Waals surface area contributed by atoms with Crippen LogP contribution in [-0.4, -0.2) is 45.9 Å². The molecule has 1 amide bonds. The van der Waals surface area contributed by atoms with Gasteiger partial charge in [-0.2, -0.15) is 0 Å². The highest BCUT2D eigenvalue weighted by Gasteiger charge is 2.28. The molecule has 20 heavy (non-hydrogen) atoms. The van der Waals surface area contributed by atoms with Crippen LogP contribution >= 0.6 is 0 Å². The second-order valence-electron chi connectivity index (χ2n) is 4.64. The monoisotopic (exact) mass is 281 g/mol. The number of amides is 1. The molecule has 0 radical (unpaired) electrons. The lowest BCUT2D eigenvalue weighted by atomic mass is 9.97. The maximum absolute atomic E-state index is 12.0. The van der Waals surface area contributed by atoms with Crippen molar-refractivity contribution in [3.05, 3.63) is 35.4 Å². The van der Waals surface area contributed by atoms with Gasteiger partial charge < -0.3 is 20.6 Å². The number of carboxylic acids is 1. The number of carbonyl (C=O) groups is 2. The van der Waals surface area contributed by atoms with Crippen molar-refractivity contribution in [3.63, 3.8) is 0 Å². The summed E-state index contributed by atoms with van der Waals surface area (Å²) in [5, 5.41) is 30.1. The predicted molar refractivity (Wildman–Crippen MR) is 72.4 cm³/mol. The summed E-state index contributed by atoms with van der Waals surface area (Å²) in [4.78, 5) is 23.0. The van der Waals surface area contributed by atoms with Crippen LogP contribution in [0.15, 0.2) is 24.3 Å². The fourth-order valence-electron chi connectivity index (χ4n) is 1.84. The third-order valence-corrected chi connectivity index (χ3v) is 3.29. The molecule has 0 heterocycles. The third kappa shape index (κ3) is 3.79. The molecule has 0 spiro atoms. The Morgan fingerprint density at radius 2 is 1.80 bits per heavy atom. The van der Waals surface area contributed by atoms with E-state index in [1.165, 1.54) is 6.07 Å². The van der Waals surface area contributed by atoms with Gasteiger partial charge in [-0.3, -0.25) is 4.79 Å². The van der Waals surface area contributed by atoms with Crippen LogP contribution in [0.3, 0.4) is 0 Å². The van der Waals surface area contributed by atoms with Gasteiger partial charge in [0.15, 0.2) is 0 Å². The van der Waals surface area contributed by atoms with Crippen LogP contribution in [0.1, 0.15) is 29.3 Å². The Morgan fingerprint density at radius 1 is 1.20 bits per heavy atom. The number of nitrogens with one attached hydrogen (secondary N) is 1. The highest BCUT2D eigenvalue weighted by atomic mass is 16.4. The van der Waals surface area contributed by atoms with Gasteiger partial charge in [-0.15, -0.1) is 0 Å². The van der Waals surface area contributed by atoms with Gasteiger partial charge in [0.25, 0.3) is 0 Å². The summed E-state index contributed by atoms with van der Waals surface area (Å²) in [7, 11) is 0. The van der Waals surface area contributed by atoms with Gasteiger partial charge in [0.2, 0.25) is 5.91 Å². The molecule has 0 aliphatic rings. The van der Waals surface area contributed by atoms with Gasteiger partial charge in [-0.05, 0) is 18.1 Å². The SMILES string of the molecule is CCC(CO)(CO)NC(=O)Cc1ccccc1C(=O)O. The number of hydrogen-bond donors (Lipinski definition) is 4. The first-order valence-corrected chi connectivity index (χ1v) is 6.32. The van der Waals surface area contributed by atoms with Crippen LogP contribution in [0.5, 0.6) is 0 Å². The lowest BCUT2D eigenvalue weighted by molar-refractivity contribution is -0.123.